The molecular formula is C19H39N5O. The van der Waals surface area contributed by atoms with Gasteiger partial charge in [0.2, 0.25) is 0 Å². The molecule has 0 aromatic carbocycles. The van der Waals surface area contributed by atoms with Gasteiger partial charge in [0.1, 0.15) is 0 Å². The van der Waals surface area contributed by atoms with Crippen LogP contribution in [0.5, 0.6) is 0 Å². The van der Waals surface area contributed by atoms with E-state index in [1.807, 2.05) is 0 Å². The number of hydrogen-bond donors (Lipinski definition) is 2. The Morgan fingerprint density at radius 1 is 1.16 bits per heavy atom. The first-order chi connectivity index (χ1) is 11.9. The van der Waals surface area contributed by atoms with Crippen LogP contribution >= 0.6 is 0 Å². The standard InChI is InChI=1S/C19H39N5O/c1-6-20-18(22-17-7-9-23(10-8-17)16(2)3)21-15-19(4,5)24-11-13-25-14-12-24/h16-17H,6-15H2,1-5H3,(H2,20,21,22). The molecule has 0 amide bonds. The quantitative estimate of drug-likeness (QED) is 0.560. The van der Waals surface area contributed by atoms with Crippen LogP contribution in [-0.4, -0.2) is 85.9 Å². The lowest BCUT2D eigenvalue weighted by Gasteiger charge is -2.40. The lowest BCUT2D eigenvalue weighted by atomic mass is 10.0. The zero-order chi connectivity index (χ0) is 18.3. The minimum absolute atomic E-state index is 0.0626. The maximum absolute atomic E-state index is 5.48. The first kappa shape index (κ1) is 20.5. The SMILES string of the molecule is CCNC(=NCC(C)(C)N1CCOCC1)NC1CCN(C(C)C)CC1. The van der Waals surface area contributed by atoms with Crippen molar-refractivity contribution in [1.82, 2.24) is 20.4 Å². The van der Waals surface area contributed by atoms with Crippen LogP contribution in [-0.2, 0) is 4.74 Å². The molecule has 146 valence electrons. The van der Waals surface area contributed by atoms with Crippen LogP contribution in [0.3, 0.4) is 0 Å². The normalized spacial score (nSPS) is 22.4. The van der Waals surface area contributed by atoms with Gasteiger partial charge in [0, 0.05) is 50.3 Å². The molecule has 0 spiro atoms. The maximum Gasteiger partial charge on any atom is 0.191 e. The number of piperidine rings is 1. The zero-order valence-corrected chi connectivity index (χ0v) is 17.0. The molecule has 0 aromatic rings. The summed E-state index contributed by atoms with van der Waals surface area (Å²) in [6.07, 6.45) is 2.38. The Morgan fingerprint density at radius 3 is 2.36 bits per heavy atom. The number of morpholine rings is 1. The van der Waals surface area contributed by atoms with Crippen LogP contribution in [0.25, 0.3) is 0 Å². The fraction of sp³-hybridized carbons (Fsp3) is 0.947. The van der Waals surface area contributed by atoms with Crippen molar-refractivity contribution in [1.29, 1.82) is 0 Å². The van der Waals surface area contributed by atoms with Gasteiger partial charge >= 0.3 is 0 Å². The van der Waals surface area contributed by atoms with Gasteiger partial charge in [-0.25, -0.2) is 0 Å². The third-order valence-corrected chi connectivity index (χ3v) is 5.44. The number of ether oxygens (including phenoxy) is 1. The first-order valence-electron chi connectivity index (χ1n) is 10.0. The molecule has 6 nitrogen and oxygen atoms in total. The van der Waals surface area contributed by atoms with Crippen molar-refractivity contribution in [3.05, 3.63) is 0 Å². The second-order valence-corrected chi connectivity index (χ2v) is 8.16. The van der Waals surface area contributed by atoms with Gasteiger partial charge in [-0.1, -0.05) is 0 Å². The molecule has 0 saturated carbocycles. The summed E-state index contributed by atoms with van der Waals surface area (Å²) < 4.78 is 5.48. The predicted molar refractivity (Wildman–Crippen MR) is 105 cm³/mol. The summed E-state index contributed by atoms with van der Waals surface area (Å²) in [6.45, 7) is 19.0. The Hall–Kier alpha value is -0.850. The first-order valence-corrected chi connectivity index (χ1v) is 10.0. The van der Waals surface area contributed by atoms with Crippen LogP contribution in [0.1, 0.15) is 47.5 Å². The Bertz CT molecular complexity index is 410. The second-order valence-electron chi connectivity index (χ2n) is 8.16. The van der Waals surface area contributed by atoms with Crippen molar-refractivity contribution < 1.29 is 4.74 Å². The fourth-order valence-corrected chi connectivity index (χ4v) is 3.61. The molecule has 25 heavy (non-hydrogen) atoms. The van der Waals surface area contributed by atoms with Gasteiger partial charge in [-0.05, 0) is 47.5 Å². The summed E-state index contributed by atoms with van der Waals surface area (Å²) in [4.78, 5) is 9.96. The maximum atomic E-state index is 5.48. The molecule has 2 saturated heterocycles. The van der Waals surface area contributed by atoms with Crippen LogP contribution in [0.15, 0.2) is 4.99 Å². The van der Waals surface area contributed by atoms with Gasteiger partial charge in [0.25, 0.3) is 0 Å². The van der Waals surface area contributed by atoms with Crippen LogP contribution in [0, 0.1) is 0 Å². The molecule has 2 aliphatic rings. The minimum Gasteiger partial charge on any atom is -0.379 e. The smallest absolute Gasteiger partial charge is 0.191 e. The van der Waals surface area contributed by atoms with E-state index in [9.17, 15) is 0 Å². The molecule has 0 aliphatic carbocycles. The lowest BCUT2D eigenvalue weighted by molar-refractivity contribution is -0.00684. The molecule has 2 aliphatic heterocycles. The highest BCUT2D eigenvalue weighted by Crippen LogP contribution is 2.17. The highest BCUT2D eigenvalue weighted by molar-refractivity contribution is 5.80. The van der Waals surface area contributed by atoms with Gasteiger partial charge in [0.15, 0.2) is 5.96 Å². The second kappa shape index (κ2) is 9.74. The molecule has 0 aromatic heterocycles. The minimum atomic E-state index is 0.0626. The Morgan fingerprint density at radius 2 is 1.80 bits per heavy atom. The van der Waals surface area contributed by atoms with E-state index in [1.54, 1.807) is 0 Å². The van der Waals surface area contributed by atoms with E-state index < -0.39 is 0 Å². The number of rotatable bonds is 6. The molecule has 6 heteroatoms. The molecule has 0 atom stereocenters. The van der Waals surface area contributed by atoms with Gasteiger partial charge in [0.05, 0.1) is 19.8 Å². The van der Waals surface area contributed by atoms with E-state index in [1.165, 1.54) is 25.9 Å². The van der Waals surface area contributed by atoms with E-state index in [2.05, 4.69) is 55.1 Å². The fourth-order valence-electron chi connectivity index (χ4n) is 3.61. The Labute approximate surface area is 154 Å². The van der Waals surface area contributed by atoms with Crippen molar-refractivity contribution in [2.45, 2.75) is 65.1 Å². The summed E-state index contributed by atoms with van der Waals surface area (Å²) in [5.41, 5.74) is 0.0626. The number of aliphatic imine (C=N–C) groups is 1. The molecular weight excluding hydrogens is 314 g/mol. The van der Waals surface area contributed by atoms with Gasteiger partial charge in [-0.15, -0.1) is 0 Å². The number of guanidine groups is 1. The highest BCUT2D eigenvalue weighted by atomic mass is 16.5. The van der Waals surface area contributed by atoms with Gasteiger partial charge in [-0.2, -0.15) is 0 Å². The van der Waals surface area contributed by atoms with Crippen molar-refractivity contribution in [3.8, 4) is 0 Å². The van der Waals surface area contributed by atoms with E-state index >= 15 is 0 Å². The van der Waals surface area contributed by atoms with E-state index in [-0.39, 0.29) is 5.54 Å². The van der Waals surface area contributed by atoms with E-state index in [4.69, 9.17) is 9.73 Å². The summed E-state index contributed by atoms with van der Waals surface area (Å²) in [5, 5.41) is 7.08. The molecule has 2 heterocycles. The topological polar surface area (TPSA) is 52.1 Å². The number of nitrogens with zero attached hydrogens (tertiary/aromatic N) is 3. The monoisotopic (exact) mass is 353 g/mol. The average Bonchev–Trinajstić information content (AvgIpc) is 2.61. The summed E-state index contributed by atoms with van der Waals surface area (Å²) >= 11 is 0. The van der Waals surface area contributed by atoms with Crippen molar-refractivity contribution in [3.63, 3.8) is 0 Å². The van der Waals surface area contributed by atoms with Gasteiger partial charge in [-0.3, -0.25) is 9.89 Å². The van der Waals surface area contributed by atoms with Crippen molar-refractivity contribution in [2.24, 2.45) is 4.99 Å². The molecule has 0 unspecified atom stereocenters. The zero-order valence-electron chi connectivity index (χ0n) is 17.0. The molecule has 0 bridgehead atoms. The molecule has 2 rings (SSSR count). The van der Waals surface area contributed by atoms with Crippen molar-refractivity contribution in [2.75, 3.05) is 52.5 Å². The Balaban J connectivity index is 1.87. The van der Waals surface area contributed by atoms with Crippen molar-refractivity contribution >= 4 is 5.96 Å². The van der Waals surface area contributed by atoms with Crippen LogP contribution in [0.2, 0.25) is 0 Å². The van der Waals surface area contributed by atoms with E-state index in [0.29, 0.717) is 12.1 Å². The summed E-state index contributed by atoms with van der Waals surface area (Å²) in [5.74, 6) is 0.965. The lowest BCUT2D eigenvalue weighted by Crippen LogP contribution is -2.53. The number of likely N-dealkylation sites (tertiary alicyclic amines) is 1. The summed E-state index contributed by atoms with van der Waals surface area (Å²) in [6, 6.07) is 1.18. The molecule has 0 radical (unpaired) electrons. The third kappa shape index (κ3) is 6.42. The predicted octanol–water partition coefficient (Wildman–Crippen LogP) is 1.53. The van der Waals surface area contributed by atoms with Crippen LogP contribution in [0.4, 0.5) is 0 Å². The highest BCUT2D eigenvalue weighted by Gasteiger charge is 2.28. The largest absolute Gasteiger partial charge is 0.379 e. The average molecular weight is 354 g/mol. The number of nitrogens with one attached hydrogen (secondary N) is 2. The molecule has 2 fully saturated rings. The van der Waals surface area contributed by atoms with E-state index in [0.717, 1.165) is 45.4 Å². The number of hydrogen-bond acceptors (Lipinski definition) is 4. The van der Waals surface area contributed by atoms with Crippen LogP contribution < -0.4 is 10.6 Å². The summed E-state index contributed by atoms with van der Waals surface area (Å²) in [7, 11) is 0. The Kier molecular flexibility index (Phi) is 7.97. The third-order valence-electron chi connectivity index (χ3n) is 5.44. The molecule has 2 N–H and O–H groups in total. The van der Waals surface area contributed by atoms with Gasteiger partial charge < -0.3 is 20.3 Å².